The average Bonchev–Trinajstić information content (AvgIpc) is 0.722. The van der Waals surface area contributed by atoms with Crippen LogP contribution >= 0.6 is 7.82 Å². The number of phosphoric acid groups is 1. The van der Waals surface area contributed by atoms with E-state index < -0.39 is 7.82 Å². The van der Waals surface area contributed by atoms with Crippen LogP contribution in [0.4, 0.5) is 0 Å². The molecule has 0 bridgehead atoms. The van der Waals surface area contributed by atoms with Gasteiger partial charge in [0.15, 0.2) is 0 Å². The van der Waals surface area contributed by atoms with Crippen LogP contribution < -0.4 is 0 Å². The molecule has 0 unspecified atom stereocenters. The maximum atomic E-state index is 8.88. The quantitative estimate of drug-likeness (QED) is 0.313. The van der Waals surface area contributed by atoms with E-state index in [0.717, 1.165) is 0 Å². The van der Waals surface area contributed by atoms with E-state index in [-0.39, 0.29) is 54.8 Å². The third-order valence-corrected chi connectivity index (χ3v) is 0. The Morgan fingerprint density at radius 2 is 1.14 bits per heavy atom. The predicted octanol–water partition coefficient (Wildman–Crippen LogP) is -1.85. The third kappa shape index (κ3) is 76.7. The van der Waals surface area contributed by atoms with Gasteiger partial charge in [-0.25, -0.2) is 4.57 Å². The molecule has 0 rings (SSSR count). The van der Waals surface area contributed by atoms with Crippen LogP contribution in [0.5, 0.6) is 0 Å². The summed E-state index contributed by atoms with van der Waals surface area (Å²) in [6.45, 7) is 0. The van der Waals surface area contributed by atoms with Crippen LogP contribution in [0.15, 0.2) is 0 Å². The van der Waals surface area contributed by atoms with Crippen molar-refractivity contribution in [2.75, 3.05) is 0 Å². The molecule has 0 aromatic heterocycles. The summed E-state index contributed by atoms with van der Waals surface area (Å²) in [4.78, 5) is 21.6. The SMILES string of the molecule is O=P(O)(O)O.[CaH2].[Mn]. The molecule has 0 amide bonds. The van der Waals surface area contributed by atoms with E-state index in [4.69, 9.17) is 19.2 Å². The van der Waals surface area contributed by atoms with Gasteiger partial charge in [-0.2, -0.15) is 0 Å². The predicted molar refractivity (Wildman–Crippen MR) is 22.8 cm³/mol. The molecule has 1 radical (unpaired) electrons. The van der Waals surface area contributed by atoms with Crippen LogP contribution in [0.1, 0.15) is 0 Å². The van der Waals surface area contributed by atoms with E-state index in [1.165, 1.54) is 0 Å². The summed E-state index contributed by atoms with van der Waals surface area (Å²) in [5, 5.41) is 0. The molecule has 0 heterocycles. The fourth-order valence-corrected chi connectivity index (χ4v) is 0. The van der Waals surface area contributed by atoms with E-state index in [1.54, 1.807) is 0 Å². The molecule has 0 aromatic rings. The maximum Gasteiger partial charge on any atom is 0 e. The summed E-state index contributed by atoms with van der Waals surface area (Å²) in [6, 6.07) is 0. The molecule has 7 heavy (non-hydrogen) atoms. The van der Waals surface area contributed by atoms with Gasteiger partial charge in [0.25, 0.3) is 0 Å². The maximum absolute atomic E-state index is 8.88. The summed E-state index contributed by atoms with van der Waals surface area (Å²) >= 11 is 0. The summed E-state index contributed by atoms with van der Waals surface area (Å²) in [6.07, 6.45) is 0. The van der Waals surface area contributed by atoms with Crippen LogP contribution in [0.3, 0.4) is 0 Å². The van der Waals surface area contributed by atoms with Gasteiger partial charge in [0.2, 0.25) is 0 Å². The van der Waals surface area contributed by atoms with Crippen LogP contribution in [-0.2, 0) is 21.6 Å². The zero-order chi connectivity index (χ0) is 4.50. The molecule has 0 spiro atoms. The zero-order valence-electron chi connectivity index (χ0n) is 2.58. The summed E-state index contributed by atoms with van der Waals surface area (Å²) in [7, 11) is -4.64. The van der Waals surface area contributed by atoms with Crippen molar-refractivity contribution >= 4 is 45.6 Å². The first kappa shape index (κ1) is 16.0. The minimum Gasteiger partial charge on any atom is 0 e. The van der Waals surface area contributed by atoms with Gasteiger partial charge in [-0.3, -0.25) is 0 Å². The molecule has 3 N–H and O–H groups in total. The van der Waals surface area contributed by atoms with Crippen LogP contribution in [0.2, 0.25) is 0 Å². The Balaban J connectivity index is -0.0000000800. The molecule has 0 saturated heterocycles. The van der Waals surface area contributed by atoms with Crippen molar-refractivity contribution in [3.05, 3.63) is 0 Å². The first-order chi connectivity index (χ1) is 2.00. The first-order valence-electron chi connectivity index (χ1n) is 0.783. The third-order valence-electron chi connectivity index (χ3n) is 0. The van der Waals surface area contributed by atoms with Gasteiger partial charge in [0.05, 0.1) is 0 Å². The van der Waals surface area contributed by atoms with Gasteiger partial charge >= 0.3 is 45.6 Å². The van der Waals surface area contributed by atoms with Crippen molar-refractivity contribution in [2.45, 2.75) is 0 Å². The Kier molecular flexibility index (Phi) is 13.7. The van der Waals surface area contributed by atoms with Gasteiger partial charge in [-0.15, -0.1) is 0 Å². The van der Waals surface area contributed by atoms with Crippen molar-refractivity contribution in [1.82, 2.24) is 0 Å². The molecular formula is H5CaMnO4P. The van der Waals surface area contributed by atoms with Gasteiger partial charge < -0.3 is 14.7 Å². The molecule has 0 saturated carbocycles. The van der Waals surface area contributed by atoms with Gasteiger partial charge in [-0.1, -0.05) is 0 Å². The number of hydrogen-bond acceptors (Lipinski definition) is 1. The van der Waals surface area contributed by atoms with Gasteiger partial charge in [0.1, 0.15) is 0 Å². The van der Waals surface area contributed by atoms with Crippen LogP contribution in [-0.4, -0.2) is 52.4 Å². The molecule has 7 heteroatoms. The minimum atomic E-state index is -4.64. The molecule has 0 aliphatic rings. The second-order valence-electron chi connectivity index (χ2n) is 0.513. The summed E-state index contributed by atoms with van der Waals surface area (Å²) in [5.74, 6) is 0. The monoisotopic (exact) mass is 195 g/mol. The Labute approximate surface area is 81.0 Å². The van der Waals surface area contributed by atoms with E-state index in [2.05, 4.69) is 0 Å². The van der Waals surface area contributed by atoms with Crippen molar-refractivity contribution in [1.29, 1.82) is 0 Å². The Morgan fingerprint density at radius 1 is 1.14 bits per heavy atom. The molecule has 43 valence electrons. The largest absolute Gasteiger partial charge is 0 e. The Morgan fingerprint density at radius 3 is 1.14 bits per heavy atom. The molecule has 0 aliphatic carbocycles. The van der Waals surface area contributed by atoms with Crippen LogP contribution in [0.25, 0.3) is 0 Å². The Bertz CT molecular complexity index is 57.8. The smallest absolute Gasteiger partial charge is 0 e. The fourth-order valence-electron chi connectivity index (χ4n) is 0. The summed E-state index contributed by atoms with van der Waals surface area (Å²) < 4.78 is 8.88. The van der Waals surface area contributed by atoms with Crippen molar-refractivity contribution < 1.29 is 36.3 Å². The van der Waals surface area contributed by atoms with E-state index >= 15 is 0 Å². The standard InChI is InChI=1S/Ca.Mn.H3O4P.2H/c;;1-5(2,3)4;;/h;;(H3,1,2,3,4);;. The van der Waals surface area contributed by atoms with Crippen molar-refractivity contribution in [3.63, 3.8) is 0 Å². The van der Waals surface area contributed by atoms with Crippen molar-refractivity contribution in [3.8, 4) is 0 Å². The van der Waals surface area contributed by atoms with Crippen LogP contribution in [0, 0.1) is 0 Å². The molecule has 4 nitrogen and oxygen atoms in total. The average molecular weight is 195 g/mol. The molecule has 0 aromatic carbocycles. The molecule has 0 aliphatic heterocycles. The number of hydrogen-bond donors (Lipinski definition) is 3. The van der Waals surface area contributed by atoms with E-state index in [1.807, 2.05) is 0 Å². The normalized spacial score (nSPS) is 8.43. The fraction of sp³-hybridized carbons (Fsp3) is 0. The summed E-state index contributed by atoms with van der Waals surface area (Å²) in [5.41, 5.74) is 0. The van der Waals surface area contributed by atoms with Gasteiger partial charge in [-0.05, 0) is 0 Å². The minimum absolute atomic E-state index is 0. The zero-order valence-corrected chi connectivity index (χ0v) is 4.65. The molecule has 0 fully saturated rings. The molecular weight excluding hydrogens is 190 g/mol. The number of rotatable bonds is 0. The van der Waals surface area contributed by atoms with Gasteiger partial charge in [0, 0.05) is 17.1 Å². The Hall–Kier alpha value is 1.89. The van der Waals surface area contributed by atoms with E-state index in [9.17, 15) is 0 Å². The second kappa shape index (κ2) is 6.02. The second-order valence-corrected chi connectivity index (χ2v) is 1.54. The molecule has 0 atom stereocenters. The first-order valence-corrected chi connectivity index (χ1v) is 2.35. The van der Waals surface area contributed by atoms with Crippen molar-refractivity contribution in [2.24, 2.45) is 0 Å². The van der Waals surface area contributed by atoms with E-state index in [0.29, 0.717) is 0 Å². The topological polar surface area (TPSA) is 77.8 Å².